The third-order valence-corrected chi connectivity index (χ3v) is 3.11. The van der Waals surface area contributed by atoms with Gasteiger partial charge in [-0.15, -0.1) is 0 Å². The summed E-state index contributed by atoms with van der Waals surface area (Å²) in [5.41, 5.74) is 1.28. The second kappa shape index (κ2) is 6.21. The molecule has 0 aliphatic rings. The number of aromatic nitrogens is 2. The molecule has 0 saturated heterocycles. The quantitative estimate of drug-likeness (QED) is 0.688. The first-order valence-corrected chi connectivity index (χ1v) is 6.66. The van der Waals surface area contributed by atoms with Crippen LogP contribution in [0.2, 0.25) is 0 Å². The number of rotatable bonds is 6. The van der Waals surface area contributed by atoms with Crippen molar-refractivity contribution in [2.24, 2.45) is 0 Å². The number of benzene rings is 1. The van der Waals surface area contributed by atoms with Crippen molar-refractivity contribution >= 4 is 0 Å². The van der Waals surface area contributed by atoms with E-state index < -0.39 is 0 Å². The molecular formula is C16H17N3O. The van der Waals surface area contributed by atoms with Gasteiger partial charge in [-0.05, 0) is 23.8 Å². The molecule has 0 radical (unpaired) electrons. The van der Waals surface area contributed by atoms with Crippen LogP contribution in [0, 0.1) is 0 Å². The molecule has 2 heterocycles. The first-order chi connectivity index (χ1) is 9.90. The van der Waals surface area contributed by atoms with Gasteiger partial charge in [0, 0.05) is 18.9 Å². The van der Waals surface area contributed by atoms with E-state index in [-0.39, 0.29) is 0 Å². The molecule has 20 heavy (non-hydrogen) atoms. The lowest BCUT2D eigenvalue weighted by molar-refractivity contribution is 0.175. The van der Waals surface area contributed by atoms with E-state index in [1.54, 1.807) is 12.5 Å². The number of furan rings is 1. The van der Waals surface area contributed by atoms with Gasteiger partial charge in [-0.3, -0.25) is 9.58 Å². The Morgan fingerprint density at radius 3 is 2.60 bits per heavy atom. The van der Waals surface area contributed by atoms with Crippen molar-refractivity contribution < 1.29 is 4.42 Å². The van der Waals surface area contributed by atoms with Gasteiger partial charge in [-0.25, -0.2) is 0 Å². The van der Waals surface area contributed by atoms with E-state index in [9.17, 15) is 0 Å². The Bertz CT molecular complexity index is 566. The molecule has 0 spiro atoms. The smallest absolute Gasteiger partial charge is 0.117 e. The Balaban J connectivity index is 1.72. The molecule has 1 aromatic carbocycles. The molecule has 4 nitrogen and oxygen atoms in total. The first kappa shape index (κ1) is 12.7. The van der Waals surface area contributed by atoms with Crippen molar-refractivity contribution in [3.05, 3.63) is 78.5 Å². The number of hydrogen-bond acceptors (Lipinski definition) is 3. The molecule has 0 fully saturated rings. The first-order valence-electron chi connectivity index (χ1n) is 6.66. The van der Waals surface area contributed by atoms with E-state index in [0.717, 1.165) is 25.5 Å². The highest BCUT2D eigenvalue weighted by Gasteiger charge is 2.09. The molecule has 4 heteroatoms. The maximum Gasteiger partial charge on any atom is 0.117 e. The molecule has 3 aromatic rings. The van der Waals surface area contributed by atoms with Gasteiger partial charge < -0.3 is 4.42 Å². The topological polar surface area (TPSA) is 34.2 Å². The fourth-order valence-electron chi connectivity index (χ4n) is 2.21. The molecule has 0 amide bonds. The van der Waals surface area contributed by atoms with Crippen LogP contribution in [0.15, 0.2) is 71.6 Å². The molecule has 0 aliphatic carbocycles. The van der Waals surface area contributed by atoms with Gasteiger partial charge in [0.2, 0.25) is 0 Å². The van der Waals surface area contributed by atoms with Crippen molar-refractivity contribution in [2.45, 2.75) is 19.8 Å². The zero-order chi connectivity index (χ0) is 13.6. The molecule has 0 atom stereocenters. The second-order valence-electron chi connectivity index (χ2n) is 4.74. The molecule has 2 aromatic heterocycles. The maximum absolute atomic E-state index is 5.45. The SMILES string of the molecule is c1ccc(CN(Cc2ccco2)Cn2cccn2)cc1. The lowest BCUT2D eigenvalue weighted by Crippen LogP contribution is -2.25. The minimum atomic E-state index is 0.739. The van der Waals surface area contributed by atoms with Crippen LogP contribution < -0.4 is 0 Å². The van der Waals surface area contributed by atoms with Gasteiger partial charge in [0.25, 0.3) is 0 Å². The van der Waals surface area contributed by atoms with Crippen molar-refractivity contribution in [1.29, 1.82) is 0 Å². The zero-order valence-corrected chi connectivity index (χ0v) is 11.2. The van der Waals surface area contributed by atoms with Crippen molar-refractivity contribution in [3.8, 4) is 0 Å². The largest absolute Gasteiger partial charge is 0.468 e. The zero-order valence-electron chi connectivity index (χ0n) is 11.2. The third kappa shape index (κ3) is 3.36. The van der Waals surface area contributed by atoms with E-state index in [4.69, 9.17) is 4.42 Å². The Hall–Kier alpha value is -2.33. The summed E-state index contributed by atoms with van der Waals surface area (Å²) in [4.78, 5) is 2.29. The highest BCUT2D eigenvalue weighted by atomic mass is 16.3. The lowest BCUT2D eigenvalue weighted by Gasteiger charge is -2.21. The summed E-state index contributed by atoms with van der Waals surface area (Å²) in [5, 5.41) is 4.27. The molecule has 0 bridgehead atoms. The molecular weight excluding hydrogens is 250 g/mol. The van der Waals surface area contributed by atoms with Crippen LogP contribution in [0.25, 0.3) is 0 Å². The highest BCUT2D eigenvalue weighted by molar-refractivity contribution is 5.14. The lowest BCUT2D eigenvalue weighted by atomic mass is 10.2. The molecule has 102 valence electrons. The maximum atomic E-state index is 5.45. The fourth-order valence-corrected chi connectivity index (χ4v) is 2.21. The summed E-state index contributed by atoms with van der Waals surface area (Å²) in [6.07, 6.45) is 5.48. The standard InChI is InChI=1S/C16H17N3O/c1-2-6-15(7-3-1)12-18(13-16-8-4-11-20-16)14-19-10-5-9-17-19/h1-11H,12-14H2. The molecule has 0 unspecified atom stereocenters. The minimum Gasteiger partial charge on any atom is -0.468 e. The predicted octanol–water partition coefficient (Wildman–Crippen LogP) is 3.14. The normalized spacial score (nSPS) is 11.1. The summed E-state index contributed by atoms with van der Waals surface area (Å²) < 4.78 is 7.37. The number of nitrogens with zero attached hydrogens (tertiary/aromatic N) is 3. The molecule has 0 saturated carbocycles. The van der Waals surface area contributed by atoms with Gasteiger partial charge in [-0.1, -0.05) is 30.3 Å². The monoisotopic (exact) mass is 267 g/mol. The van der Waals surface area contributed by atoms with Gasteiger partial charge in [0.1, 0.15) is 5.76 Å². The van der Waals surface area contributed by atoms with Crippen LogP contribution in [-0.4, -0.2) is 14.7 Å². The van der Waals surface area contributed by atoms with Gasteiger partial charge in [0.15, 0.2) is 0 Å². The van der Waals surface area contributed by atoms with Crippen molar-refractivity contribution in [2.75, 3.05) is 0 Å². The summed E-state index contributed by atoms with van der Waals surface area (Å²) in [6, 6.07) is 16.3. The van der Waals surface area contributed by atoms with E-state index in [0.29, 0.717) is 0 Å². The fraction of sp³-hybridized carbons (Fsp3) is 0.188. The average Bonchev–Trinajstić information content (AvgIpc) is 3.13. The summed E-state index contributed by atoms with van der Waals surface area (Å²) in [7, 11) is 0. The van der Waals surface area contributed by atoms with Crippen LogP contribution in [0.5, 0.6) is 0 Å². The minimum absolute atomic E-state index is 0.739. The third-order valence-electron chi connectivity index (χ3n) is 3.11. The van der Waals surface area contributed by atoms with Gasteiger partial charge >= 0.3 is 0 Å². The Kier molecular flexibility index (Phi) is 3.94. The molecule has 3 rings (SSSR count). The molecule has 0 N–H and O–H groups in total. The van der Waals surface area contributed by atoms with E-state index >= 15 is 0 Å². The van der Waals surface area contributed by atoms with Gasteiger partial charge in [-0.2, -0.15) is 5.10 Å². The Labute approximate surface area is 118 Å². The summed E-state index contributed by atoms with van der Waals surface area (Å²) in [5.74, 6) is 0.966. The van der Waals surface area contributed by atoms with E-state index in [1.165, 1.54) is 5.56 Å². The predicted molar refractivity (Wildman–Crippen MR) is 76.6 cm³/mol. The average molecular weight is 267 g/mol. The van der Waals surface area contributed by atoms with Gasteiger partial charge in [0.05, 0.1) is 19.5 Å². The van der Waals surface area contributed by atoms with Crippen molar-refractivity contribution in [1.82, 2.24) is 14.7 Å². The van der Waals surface area contributed by atoms with Crippen LogP contribution >= 0.6 is 0 Å². The number of hydrogen-bond donors (Lipinski definition) is 0. The highest BCUT2D eigenvalue weighted by Crippen LogP contribution is 2.11. The second-order valence-corrected chi connectivity index (χ2v) is 4.74. The van der Waals surface area contributed by atoms with Crippen LogP contribution in [0.3, 0.4) is 0 Å². The van der Waals surface area contributed by atoms with E-state index in [2.05, 4.69) is 34.3 Å². The van der Waals surface area contributed by atoms with Crippen LogP contribution in [-0.2, 0) is 19.8 Å². The summed E-state index contributed by atoms with van der Waals surface area (Å²) >= 11 is 0. The van der Waals surface area contributed by atoms with Crippen LogP contribution in [0.4, 0.5) is 0 Å². The Morgan fingerprint density at radius 1 is 1.00 bits per heavy atom. The van der Waals surface area contributed by atoms with Crippen LogP contribution in [0.1, 0.15) is 11.3 Å². The Morgan fingerprint density at radius 2 is 1.90 bits per heavy atom. The van der Waals surface area contributed by atoms with Crippen molar-refractivity contribution in [3.63, 3.8) is 0 Å². The summed E-state index contributed by atoms with van der Waals surface area (Å²) in [6.45, 7) is 2.37. The molecule has 0 aliphatic heterocycles. The van der Waals surface area contributed by atoms with E-state index in [1.807, 2.05) is 35.1 Å².